The van der Waals surface area contributed by atoms with Gasteiger partial charge in [-0.25, -0.2) is 4.79 Å². The quantitative estimate of drug-likeness (QED) is 0.777. The first-order valence-electron chi connectivity index (χ1n) is 5.55. The molecule has 2 unspecified atom stereocenters. The van der Waals surface area contributed by atoms with E-state index in [1.165, 1.54) is 6.92 Å². The molecule has 0 radical (unpaired) electrons. The summed E-state index contributed by atoms with van der Waals surface area (Å²) in [4.78, 5) is 22.0. The topological polar surface area (TPSA) is 102 Å². The molecule has 104 valence electrons. The van der Waals surface area contributed by atoms with E-state index in [4.69, 9.17) is 22.1 Å². The van der Waals surface area contributed by atoms with Gasteiger partial charge in [0.05, 0.1) is 11.1 Å². The van der Waals surface area contributed by atoms with Crippen molar-refractivity contribution in [3.05, 3.63) is 28.8 Å². The number of halogens is 1. The molecule has 0 aliphatic carbocycles. The zero-order valence-corrected chi connectivity index (χ0v) is 11.3. The molecule has 2 atom stereocenters. The SMILES string of the molecule is CC(Oc1ccc(C(C)O)cc1Cl)C(=O)NC(N)=O. The van der Waals surface area contributed by atoms with Crippen LogP contribution in [-0.4, -0.2) is 23.1 Å². The number of aliphatic hydroxyl groups is 1. The molecule has 0 aliphatic heterocycles. The van der Waals surface area contributed by atoms with Crippen LogP contribution in [0.15, 0.2) is 18.2 Å². The lowest BCUT2D eigenvalue weighted by molar-refractivity contribution is -0.126. The number of urea groups is 1. The lowest BCUT2D eigenvalue weighted by atomic mass is 10.1. The molecule has 1 rings (SSSR count). The zero-order chi connectivity index (χ0) is 14.6. The van der Waals surface area contributed by atoms with Gasteiger partial charge in [-0.3, -0.25) is 10.1 Å². The first-order valence-corrected chi connectivity index (χ1v) is 5.93. The Labute approximate surface area is 115 Å². The second-order valence-corrected chi connectivity index (χ2v) is 4.39. The summed E-state index contributed by atoms with van der Waals surface area (Å²) in [5.41, 5.74) is 5.46. The highest BCUT2D eigenvalue weighted by atomic mass is 35.5. The van der Waals surface area contributed by atoms with Gasteiger partial charge >= 0.3 is 6.03 Å². The third-order valence-corrected chi connectivity index (χ3v) is 2.65. The number of hydrogen-bond donors (Lipinski definition) is 3. The number of ether oxygens (including phenoxy) is 1. The number of rotatable bonds is 4. The molecule has 0 saturated carbocycles. The first-order chi connectivity index (χ1) is 8.81. The fourth-order valence-electron chi connectivity index (χ4n) is 1.34. The van der Waals surface area contributed by atoms with Gasteiger partial charge < -0.3 is 15.6 Å². The Morgan fingerprint density at radius 3 is 2.53 bits per heavy atom. The Bertz CT molecular complexity index is 491. The maximum atomic E-state index is 11.4. The Kier molecular flexibility index (Phi) is 5.14. The third-order valence-electron chi connectivity index (χ3n) is 2.36. The van der Waals surface area contributed by atoms with Gasteiger partial charge in [0.2, 0.25) is 0 Å². The average molecular weight is 287 g/mol. The summed E-state index contributed by atoms with van der Waals surface area (Å²) >= 11 is 5.97. The van der Waals surface area contributed by atoms with E-state index in [0.29, 0.717) is 5.56 Å². The van der Waals surface area contributed by atoms with Crippen molar-refractivity contribution in [2.45, 2.75) is 26.1 Å². The average Bonchev–Trinajstić information content (AvgIpc) is 2.30. The van der Waals surface area contributed by atoms with Crippen LogP contribution in [0, 0.1) is 0 Å². The van der Waals surface area contributed by atoms with E-state index in [1.807, 2.05) is 5.32 Å². The van der Waals surface area contributed by atoms with Gasteiger partial charge in [0.25, 0.3) is 5.91 Å². The largest absolute Gasteiger partial charge is 0.479 e. The molecule has 19 heavy (non-hydrogen) atoms. The highest BCUT2D eigenvalue weighted by molar-refractivity contribution is 6.32. The molecule has 0 heterocycles. The van der Waals surface area contributed by atoms with Crippen LogP contribution in [0.2, 0.25) is 5.02 Å². The first kappa shape index (κ1) is 15.3. The number of amides is 3. The fourth-order valence-corrected chi connectivity index (χ4v) is 1.57. The summed E-state index contributed by atoms with van der Waals surface area (Å²) in [5, 5.41) is 11.6. The number of carbonyl (C=O) groups is 2. The van der Waals surface area contributed by atoms with Gasteiger partial charge in [-0.2, -0.15) is 0 Å². The molecule has 0 fully saturated rings. The van der Waals surface area contributed by atoms with Gasteiger partial charge in [0.1, 0.15) is 5.75 Å². The molecule has 0 saturated heterocycles. The zero-order valence-electron chi connectivity index (χ0n) is 10.5. The van der Waals surface area contributed by atoms with Crippen molar-refractivity contribution in [1.82, 2.24) is 5.32 Å². The van der Waals surface area contributed by atoms with E-state index in [0.717, 1.165) is 0 Å². The number of benzene rings is 1. The van der Waals surface area contributed by atoms with Crippen LogP contribution in [-0.2, 0) is 4.79 Å². The third kappa shape index (κ3) is 4.42. The summed E-state index contributed by atoms with van der Waals surface area (Å²) in [7, 11) is 0. The van der Waals surface area contributed by atoms with E-state index in [-0.39, 0.29) is 10.8 Å². The van der Waals surface area contributed by atoms with Gasteiger partial charge in [-0.1, -0.05) is 17.7 Å². The number of carbonyl (C=O) groups excluding carboxylic acids is 2. The van der Waals surface area contributed by atoms with Crippen molar-refractivity contribution in [2.75, 3.05) is 0 Å². The fraction of sp³-hybridized carbons (Fsp3) is 0.333. The number of hydrogen-bond acceptors (Lipinski definition) is 4. The number of nitrogens with two attached hydrogens (primary N) is 1. The highest BCUT2D eigenvalue weighted by Gasteiger charge is 2.17. The Morgan fingerprint density at radius 2 is 2.05 bits per heavy atom. The minimum atomic E-state index is -0.948. The highest BCUT2D eigenvalue weighted by Crippen LogP contribution is 2.28. The smallest absolute Gasteiger partial charge is 0.318 e. The van der Waals surface area contributed by atoms with Gasteiger partial charge in [-0.15, -0.1) is 0 Å². The number of aliphatic hydroxyl groups excluding tert-OH is 1. The van der Waals surface area contributed by atoms with Crippen LogP contribution in [0.3, 0.4) is 0 Å². The van der Waals surface area contributed by atoms with Gasteiger partial charge in [-0.05, 0) is 31.5 Å². The number of imide groups is 1. The summed E-state index contributed by atoms with van der Waals surface area (Å²) < 4.78 is 5.31. The van der Waals surface area contributed by atoms with E-state index >= 15 is 0 Å². The molecule has 0 aromatic heterocycles. The minimum Gasteiger partial charge on any atom is -0.479 e. The second-order valence-electron chi connectivity index (χ2n) is 3.98. The molecule has 1 aromatic rings. The van der Waals surface area contributed by atoms with E-state index in [1.54, 1.807) is 25.1 Å². The van der Waals surface area contributed by atoms with Crippen molar-refractivity contribution >= 4 is 23.5 Å². The van der Waals surface area contributed by atoms with Crippen LogP contribution in [0.25, 0.3) is 0 Å². The molecule has 0 bridgehead atoms. The minimum absolute atomic E-state index is 0.261. The Balaban J connectivity index is 2.77. The summed E-state index contributed by atoms with van der Waals surface area (Å²) in [6.45, 7) is 3.06. The van der Waals surface area contributed by atoms with Gasteiger partial charge in [0.15, 0.2) is 6.10 Å². The maximum Gasteiger partial charge on any atom is 0.318 e. The molecule has 6 nitrogen and oxygen atoms in total. The molecule has 4 N–H and O–H groups in total. The lowest BCUT2D eigenvalue weighted by Gasteiger charge is -2.15. The molecule has 0 spiro atoms. The van der Waals surface area contributed by atoms with Crippen LogP contribution >= 0.6 is 11.6 Å². The van der Waals surface area contributed by atoms with Crippen molar-refractivity contribution in [2.24, 2.45) is 5.73 Å². The molecule has 7 heteroatoms. The predicted octanol–water partition coefficient (Wildman–Crippen LogP) is 1.36. The molecular formula is C12H15ClN2O4. The maximum absolute atomic E-state index is 11.4. The van der Waals surface area contributed by atoms with Gasteiger partial charge in [0, 0.05) is 0 Å². The van der Waals surface area contributed by atoms with E-state index < -0.39 is 24.1 Å². The van der Waals surface area contributed by atoms with Crippen LogP contribution in [0.4, 0.5) is 4.79 Å². The van der Waals surface area contributed by atoms with Crippen LogP contribution in [0.1, 0.15) is 25.5 Å². The van der Waals surface area contributed by atoms with Crippen molar-refractivity contribution in [3.8, 4) is 5.75 Å². The predicted molar refractivity (Wildman–Crippen MR) is 69.9 cm³/mol. The summed E-state index contributed by atoms with van der Waals surface area (Å²) in [5.74, 6) is -0.388. The number of primary amides is 1. The van der Waals surface area contributed by atoms with Crippen molar-refractivity contribution < 1.29 is 19.4 Å². The van der Waals surface area contributed by atoms with Crippen LogP contribution in [0.5, 0.6) is 5.75 Å². The lowest BCUT2D eigenvalue weighted by Crippen LogP contribution is -2.42. The van der Waals surface area contributed by atoms with Crippen molar-refractivity contribution in [1.29, 1.82) is 0 Å². The normalized spacial score (nSPS) is 13.5. The standard InChI is InChI=1S/C12H15ClN2O4/c1-6(16)8-3-4-10(9(13)5-8)19-7(2)11(17)15-12(14)18/h3-7,16H,1-2H3,(H3,14,15,17,18). The molecule has 3 amide bonds. The number of nitrogens with one attached hydrogen (secondary N) is 1. The summed E-state index contributed by atoms with van der Waals surface area (Å²) in [6, 6.07) is 3.76. The monoisotopic (exact) mass is 286 g/mol. The Hall–Kier alpha value is -1.79. The Morgan fingerprint density at radius 1 is 1.42 bits per heavy atom. The second kappa shape index (κ2) is 6.40. The summed E-state index contributed by atoms with van der Waals surface area (Å²) in [6.07, 6.45) is -1.58. The van der Waals surface area contributed by atoms with Crippen LogP contribution < -0.4 is 15.8 Å². The molecule has 0 aliphatic rings. The molecular weight excluding hydrogens is 272 g/mol. The van der Waals surface area contributed by atoms with E-state index in [9.17, 15) is 14.7 Å². The molecule has 1 aromatic carbocycles. The van der Waals surface area contributed by atoms with E-state index in [2.05, 4.69) is 0 Å². The van der Waals surface area contributed by atoms with Crippen molar-refractivity contribution in [3.63, 3.8) is 0 Å².